The molecule has 1 heterocycles. The molecule has 3 rings (SSSR count). The van der Waals surface area contributed by atoms with Gasteiger partial charge >= 0.3 is 0 Å². The van der Waals surface area contributed by atoms with Crippen LogP contribution in [0.2, 0.25) is 0 Å². The van der Waals surface area contributed by atoms with Crippen molar-refractivity contribution in [1.29, 1.82) is 0 Å². The number of benzene rings is 2. The Morgan fingerprint density at radius 3 is 2.40 bits per heavy atom. The molecule has 1 saturated heterocycles. The summed E-state index contributed by atoms with van der Waals surface area (Å²) in [5.41, 5.74) is 8.87. The molecule has 1 aliphatic rings. The van der Waals surface area contributed by atoms with E-state index >= 15 is 0 Å². The van der Waals surface area contributed by atoms with Crippen molar-refractivity contribution in [3.63, 3.8) is 0 Å². The van der Waals surface area contributed by atoms with Crippen LogP contribution in [0.25, 0.3) is 0 Å². The third-order valence-electron chi connectivity index (χ3n) is 4.33. The minimum Gasteiger partial charge on any atom is -0.397 e. The van der Waals surface area contributed by atoms with Crippen LogP contribution < -0.4 is 11.1 Å². The molecule has 2 unspecified atom stereocenters. The maximum absolute atomic E-state index is 12.4. The SMILES string of the molecule is CC1CN(Cc2ccc(C(=O)Nc3ccccc3N)cc2)CC(C)O1. The molecule has 0 aromatic heterocycles. The fourth-order valence-corrected chi connectivity index (χ4v) is 3.24. The first-order valence-corrected chi connectivity index (χ1v) is 8.64. The lowest BCUT2D eigenvalue weighted by molar-refractivity contribution is -0.0704. The smallest absolute Gasteiger partial charge is 0.255 e. The largest absolute Gasteiger partial charge is 0.397 e. The lowest BCUT2D eigenvalue weighted by atomic mass is 10.1. The highest BCUT2D eigenvalue weighted by molar-refractivity contribution is 6.05. The Morgan fingerprint density at radius 1 is 1.12 bits per heavy atom. The van der Waals surface area contributed by atoms with Crippen LogP contribution in [0.1, 0.15) is 29.8 Å². The predicted octanol–water partition coefficient (Wildman–Crippen LogP) is 3.13. The molecule has 2 aromatic carbocycles. The number of hydrogen-bond acceptors (Lipinski definition) is 4. The number of amides is 1. The zero-order valence-corrected chi connectivity index (χ0v) is 14.7. The highest BCUT2D eigenvalue weighted by Crippen LogP contribution is 2.19. The standard InChI is InChI=1S/C20H25N3O2/c1-14-11-23(12-15(2)25-14)13-16-7-9-17(10-8-16)20(24)22-19-6-4-3-5-18(19)21/h3-10,14-15H,11-13,21H2,1-2H3,(H,22,24). The molecule has 5 nitrogen and oxygen atoms in total. The van der Waals surface area contributed by atoms with Gasteiger partial charge in [0.2, 0.25) is 0 Å². The molecule has 5 heteroatoms. The number of hydrogen-bond donors (Lipinski definition) is 2. The fourth-order valence-electron chi connectivity index (χ4n) is 3.24. The summed E-state index contributed by atoms with van der Waals surface area (Å²) in [6, 6.07) is 15.0. The number of ether oxygens (including phenoxy) is 1. The number of morpholine rings is 1. The third-order valence-corrected chi connectivity index (χ3v) is 4.33. The number of nitrogens with one attached hydrogen (secondary N) is 1. The summed E-state index contributed by atoms with van der Waals surface area (Å²) in [5.74, 6) is -0.155. The maximum Gasteiger partial charge on any atom is 0.255 e. The van der Waals surface area contributed by atoms with E-state index in [2.05, 4.69) is 24.1 Å². The molecule has 0 bridgehead atoms. The number of para-hydroxylation sites is 2. The van der Waals surface area contributed by atoms with E-state index < -0.39 is 0 Å². The number of carbonyl (C=O) groups is 1. The van der Waals surface area contributed by atoms with Gasteiger partial charge in [-0.2, -0.15) is 0 Å². The van der Waals surface area contributed by atoms with Crippen molar-refractivity contribution in [2.24, 2.45) is 0 Å². The van der Waals surface area contributed by atoms with Crippen molar-refractivity contribution in [2.45, 2.75) is 32.6 Å². The summed E-state index contributed by atoms with van der Waals surface area (Å²) in [5, 5.41) is 2.85. The number of nitrogens with zero attached hydrogens (tertiary/aromatic N) is 1. The van der Waals surface area contributed by atoms with Gasteiger partial charge in [-0.25, -0.2) is 0 Å². The summed E-state index contributed by atoms with van der Waals surface area (Å²) in [6.07, 6.45) is 0.510. The molecule has 2 aromatic rings. The van der Waals surface area contributed by atoms with Crippen LogP contribution in [0.3, 0.4) is 0 Å². The van der Waals surface area contributed by atoms with Crippen LogP contribution in [-0.2, 0) is 11.3 Å². The molecule has 1 amide bonds. The van der Waals surface area contributed by atoms with E-state index in [1.54, 1.807) is 12.1 Å². The second kappa shape index (κ2) is 7.68. The molecule has 1 fully saturated rings. The Morgan fingerprint density at radius 2 is 1.76 bits per heavy atom. The van der Waals surface area contributed by atoms with Crippen molar-refractivity contribution in [3.8, 4) is 0 Å². The van der Waals surface area contributed by atoms with Gasteiger partial charge in [-0.05, 0) is 43.7 Å². The molecular weight excluding hydrogens is 314 g/mol. The Hall–Kier alpha value is -2.37. The summed E-state index contributed by atoms with van der Waals surface area (Å²) in [4.78, 5) is 14.7. The zero-order valence-electron chi connectivity index (χ0n) is 14.7. The van der Waals surface area contributed by atoms with Crippen molar-refractivity contribution in [3.05, 3.63) is 59.7 Å². The minimum atomic E-state index is -0.155. The normalized spacial score (nSPS) is 21.0. The number of nitrogen functional groups attached to an aromatic ring is 1. The second-order valence-electron chi connectivity index (χ2n) is 6.69. The topological polar surface area (TPSA) is 67.6 Å². The molecule has 0 aliphatic carbocycles. The average Bonchev–Trinajstić information content (AvgIpc) is 2.56. The van der Waals surface area contributed by atoms with Crippen LogP contribution in [0.15, 0.2) is 48.5 Å². The lowest BCUT2D eigenvalue weighted by Crippen LogP contribution is -2.44. The van der Waals surface area contributed by atoms with Gasteiger partial charge in [-0.15, -0.1) is 0 Å². The van der Waals surface area contributed by atoms with E-state index in [0.29, 0.717) is 16.9 Å². The minimum absolute atomic E-state index is 0.155. The van der Waals surface area contributed by atoms with Crippen LogP contribution in [0.5, 0.6) is 0 Å². The Balaban J connectivity index is 1.62. The van der Waals surface area contributed by atoms with Gasteiger partial charge in [0.1, 0.15) is 0 Å². The van der Waals surface area contributed by atoms with E-state index in [4.69, 9.17) is 10.5 Å². The van der Waals surface area contributed by atoms with E-state index in [-0.39, 0.29) is 18.1 Å². The number of carbonyl (C=O) groups excluding carboxylic acids is 1. The lowest BCUT2D eigenvalue weighted by Gasteiger charge is -2.35. The first kappa shape index (κ1) is 17.5. The molecule has 1 aliphatic heterocycles. The van der Waals surface area contributed by atoms with Crippen molar-refractivity contribution in [1.82, 2.24) is 4.90 Å². The van der Waals surface area contributed by atoms with E-state index in [0.717, 1.165) is 19.6 Å². The summed E-state index contributed by atoms with van der Waals surface area (Å²) in [6.45, 7) is 6.93. The number of rotatable bonds is 4. The Labute approximate surface area is 148 Å². The molecule has 0 radical (unpaired) electrons. The van der Waals surface area contributed by atoms with E-state index in [1.807, 2.05) is 36.4 Å². The molecular formula is C20H25N3O2. The van der Waals surface area contributed by atoms with Crippen molar-refractivity contribution in [2.75, 3.05) is 24.1 Å². The summed E-state index contributed by atoms with van der Waals surface area (Å²) in [7, 11) is 0. The van der Waals surface area contributed by atoms with Gasteiger partial charge in [-0.1, -0.05) is 24.3 Å². The van der Waals surface area contributed by atoms with Crippen LogP contribution >= 0.6 is 0 Å². The van der Waals surface area contributed by atoms with Crippen molar-refractivity contribution < 1.29 is 9.53 Å². The van der Waals surface area contributed by atoms with E-state index in [9.17, 15) is 4.79 Å². The molecule has 25 heavy (non-hydrogen) atoms. The van der Waals surface area contributed by atoms with Crippen LogP contribution in [0.4, 0.5) is 11.4 Å². The molecule has 0 spiro atoms. The second-order valence-corrected chi connectivity index (χ2v) is 6.69. The Bertz CT molecular complexity index is 720. The van der Waals surface area contributed by atoms with Gasteiger partial charge in [-0.3, -0.25) is 9.69 Å². The van der Waals surface area contributed by atoms with Crippen molar-refractivity contribution >= 4 is 17.3 Å². The highest BCUT2D eigenvalue weighted by atomic mass is 16.5. The molecule has 3 N–H and O–H groups in total. The number of anilines is 2. The first-order chi connectivity index (χ1) is 12.0. The molecule has 2 atom stereocenters. The monoisotopic (exact) mass is 339 g/mol. The van der Waals surface area contributed by atoms with Crippen LogP contribution in [0, 0.1) is 0 Å². The first-order valence-electron chi connectivity index (χ1n) is 8.64. The van der Waals surface area contributed by atoms with Gasteiger partial charge in [0.05, 0.1) is 23.6 Å². The maximum atomic E-state index is 12.4. The summed E-state index contributed by atoms with van der Waals surface area (Å²) >= 11 is 0. The fraction of sp³-hybridized carbons (Fsp3) is 0.350. The van der Waals surface area contributed by atoms with Gasteiger partial charge in [0, 0.05) is 25.2 Å². The van der Waals surface area contributed by atoms with Gasteiger partial charge in [0.15, 0.2) is 0 Å². The van der Waals surface area contributed by atoms with Crippen LogP contribution in [-0.4, -0.2) is 36.1 Å². The van der Waals surface area contributed by atoms with Gasteiger partial charge in [0.25, 0.3) is 5.91 Å². The average molecular weight is 339 g/mol. The van der Waals surface area contributed by atoms with E-state index in [1.165, 1.54) is 5.56 Å². The third kappa shape index (κ3) is 4.59. The Kier molecular flexibility index (Phi) is 5.36. The summed E-state index contributed by atoms with van der Waals surface area (Å²) < 4.78 is 5.77. The zero-order chi connectivity index (χ0) is 17.8. The quantitative estimate of drug-likeness (QED) is 0.840. The molecule has 0 saturated carbocycles. The predicted molar refractivity (Wildman–Crippen MR) is 101 cm³/mol. The highest BCUT2D eigenvalue weighted by Gasteiger charge is 2.22. The molecule has 132 valence electrons. The number of nitrogens with two attached hydrogens (primary N) is 1. The van der Waals surface area contributed by atoms with Gasteiger partial charge < -0.3 is 15.8 Å².